The first-order chi connectivity index (χ1) is 14.0. The quantitative estimate of drug-likeness (QED) is 0.324. The maximum atomic E-state index is 12.0. The first-order valence-electron chi connectivity index (χ1n) is 8.73. The summed E-state index contributed by atoms with van der Waals surface area (Å²) >= 11 is 15.3. The number of hydrogen-bond acceptors (Lipinski definition) is 3. The number of carbonyl (C=O) groups excluding carboxylic acids is 1. The Hall–Kier alpha value is -2.34. The van der Waals surface area contributed by atoms with Crippen molar-refractivity contribution < 1.29 is 9.53 Å². The van der Waals surface area contributed by atoms with Crippen molar-refractivity contribution in [2.75, 3.05) is 0 Å². The molecule has 0 radical (unpaired) electrons. The minimum Gasteiger partial charge on any atom is -0.489 e. The van der Waals surface area contributed by atoms with E-state index in [4.69, 9.17) is 27.9 Å². The summed E-state index contributed by atoms with van der Waals surface area (Å²) in [4.78, 5) is 12.0. The van der Waals surface area contributed by atoms with Gasteiger partial charge in [0.2, 0.25) is 5.91 Å². The molecular weight excluding hydrogens is 475 g/mol. The van der Waals surface area contributed by atoms with Crippen LogP contribution in [0.1, 0.15) is 16.7 Å². The van der Waals surface area contributed by atoms with Gasteiger partial charge in [0.25, 0.3) is 0 Å². The summed E-state index contributed by atoms with van der Waals surface area (Å²) < 4.78 is 6.76. The lowest BCUT2D eigenvalue weighted by Crippen LogP contribution is -2.19. The third-order valence-corrected chi connectivity index (χ3v) is 5.20. The first kappa shape index (κ1) is 21.4. The van der Waals surface area contributed by atoms with E-state index in [2.05, 4.69) is 26.5 Å². The molecule has 0 aromatic heterocycles. The normalized spacial score (nSPS) is 10.9. The van der Waals surface area contributed by atoms with Gasteiger partial charge in [0.05, 0.1) is 22.7 Å². The second-order valence-electron chi connectivity index (χ2n) is 6.21. The molecular formula is C22H17BrCl2N2O2. The number of nitrogens with one attached hydrogen (secondary N) is 1. The lowest BCUT2D eigenvalue weighted by molar-refractivity contribution is -0.120. The first-order valence-corrected chi connectivity index (χ1v) is 10.3. The van der Waals surface area contributed by atoms with Crippen LogP contribution in [0, 0.1) is 0 Å². The zero-order valence-corrected chi connectivity index (χ0v) is 18.3. The van der Waals surface area contributed by atoms with E-state index in [1.165, 1.54) is 0 Å². The lowest BCUT2D eigenvalue weighted by atomic mass is 10.1. The van der Waals surface area contributed by atoms with Crippen LogP contribution in [-0.4, -0.2) is 12.1 Å². The molecule has 3 aromatic carbocycles. The number of carbonyl (C=O) groups is 1. The molecule has 0 heterocycles. The van der Waals surface area contributed by atoms with E-state index in [0.29, 0.717) is 22.4 Å². The molecule has 0 aliphatic heterocycles. The molecule has 0 aliphatic carbocycles. The van der Waals surface area contributed by atoms with E-state index in [1.54, 1.807) is 18.3 Å². The summed E-state index contributed by atoms with van der Waals surface area (Å²) in [7, 11) is 0. The summed E-state index contributed by atoms with van der Waals surface area (Å²) in [5, 5.41) is 5.02. The Kier molecular flexibility index (Phi) is 7.69. The fourth-order valence-electron chi connectivity index (χ4n) is 2.49. The average Bonchev–Trinajstić information content (AvgIpc) is 2.71. The van der Waals surface area contributed by atoms with Crippen molar-refractivity contribution in [2.45, 2.75) is 13.0 Å². The van der Waals surface area contributed by atoms with E-state index in [-0.39, 0.29) is 12.3 Å². The van der Waals surface area contributed by atoms with Crippen molar-refractivity contribution in [3.8, 4) is 5.75 Å². The Bertz CT molecular complexity index is 1020. The SMILES string of the molecule is O=C(Cc1ccc(Br)cc1)N/N=C\c1cccc(OCc2ccc(Cl)c(Cl)c2)c1. The highest BCUT2D eigenvalue weighted by Crippen LogP contribution is 2.23. The highest BCUT2D eigenvalue weighted by Gasteiger charge is 2.03. The van der Waals surface area contributed by atoms with Crippen molar-refractivity contribution in [1.82, 2.24) is 5.43 Å². The van der Waals surface area contributed by atoms with Crippen molar-refractivity contribution >= 4 is 51.3 Å². The predicted molar refractivity (Wildman–Crippen MR) is 121 cm³/mol. The van der Waals surface area contributed by atoms with Gasteiger partial charge in [-0.1, -0.05) is 69.5 Å². The number of rotatable bonds is 7. The summed E-state index contributed by atoms with van der Waals surface area (Å²) in [5.41, 5.74) is 5.17. The summed E-state index contributed by atoms with van der Waals surface area (Å²) in [6, 6.07) is 20.4. The van der Waals surface area contributed by atoms with E-state index >= 15 is 0 Å². The van der Waals surface area contributed by atoms with Crippen LogP contribution in [0.2, 0.25) is 10.0 Å². The molecule has 0 bridgehead atoms. The number of ether oxygens (including phenoxy) is 1. The van der Waals surface area contributed by atoms with Crippen molar-refractivity contribution in [2.24, 2.45) is 5.10 Å². The molecule has 0 spiro atoms. The predicted octanol–water partition coefficient (Wildman–Crippen LogP) is 6.03. The zero-order chi connectivity index (χ0) is 20.6. The second kappa shape index (κ2) is 10.4. The molecule has 0 aliphatic rings. The maximum absolute atomic E-state index is 12.0. The third kappa shape index (κ3) is 6.89. The molecule has 4 nitrogen and oxygen atoms in total. The van der Waals surface area contributed by atoms with Crippen molar-refractivity contribution in [3.05, 3.63) is 97.9 Å². The second-order valence-corrected chi connectivity index (χ2v) is 7.94. The van der Waals surface area contributed by atoms with Crippen molar-refractivity contribution in [1.29, 1.82) is 0 Å². The molecule has 29 heavy (non-hydrogen) atoms. The van der Waals surface area contributed by atoms with Crippen LogP contribution in [0.25, 0.3) is 0 Å². The number of nitrogens with zero attached hydrogens (tertiary/aromatic N) is 1. The zero-order valence-electron chi connectivity index (χ0n) is 15.2. The Morgan fingerprint density at radius 2 is 1.76 bits per heavy atom. The largest absolute Gasteiger partial charge is 0.489 e. The van der Waals surface area contributed by atoms with Crippen molar-refractivity contribution in [3.63, 3.8) is 0 Å². The molecule has 1 N–H and O–H groups in total. The molecule has 3 rings (SSSR count). The Morgan fingerprint density at radius 1 is 1.00 bits per heavy atom. The van der Waals surface area contributed by atoms with Gasteiger partial charge >= 0.3 is 0 Å². The molecule has 7 heteroatoms. The standard InChI is InChI=1S/C22H17BrCl2N2O2/c23-18-7-4-15(5-8-18)12-22(28)27-26-13-16-2-1-3-19(10-16)29-14-17-6-9-20(24)21(25)11-17/h1-11,13H,12,14H2,(H,27,28)/b26-13-. The number of halogens is 3. The molecule has 0 fully saturated rings. The van der Waals surface area contributed by atoms with Crippen LogP contribution < -0.4 is 10.2 Å². The molecule has 0 atom stereocenters. The Morgan fingerprint density at radius 3 is 2.52 bits per heavy atom. The smallest absolute Gasteiger partial charge is 0.244 e. The van der Waals surface area contributed by atoms with Gasteiger partial charge in [-0.3, -0.25) is 4.79 Å². The lowest BCUT2D eigenvalue weighted by Gasteiger charge is -2.08. The molecule has 0 unspecified atom stereocenters. The number of benzene rings is 3. The highest BCUT2D eigenvalue weighted by molar-refractivity contribution is 9.10. The van der Waals surface area contributed by atoms with Gasteiger partial charge in [0.1, 0.15) is 12.4 Å². The van der Waals surface area contributed by atoms with Crippen LogP contribution in [-0.2, 0) is 17.8 Å². The molecule has 1 amide bonds. The highest BCUT2D eigenvalue weighted by atomic mass is 79.9. The summed E-state index contributed by atoms with van der Waals surface area (Å²) in [6.07, 6.45) is 1.84. The van der Waals surface area contributed by atoms with Crippen LogP contribution in [0.15, 0.2) is 76.3 Å². The van der Waals surface area contributed by atoms with E-state index in [0.717, 1.165) is 21.2 Å². The fraction of sp³-hybridized carbons (Fsp3) is 0.0909. The monoisotopic (exact) mass is 490 g/mol. The third-order valence-electron chi connectivity index (χ3n) is 3.93. The van der Waals surface area contributed by atoms with E-state index in [1.807, 2.05) is 54.6 Å². The summed E-state index contributed by atoms with van der Waals surface area (Å²) in [6.45, 7) is 0.363. The minimum atomic E-state index is -0.185. The fourth-order valence-corrected chi connectivity index (χ4v) is 3.07. The number of hydrogen-bond donors (Lipinski definition) is 1. The molecule has 148 valence electrons. The van der Waals surface area contributed by atoms with E-state index in [9.17, 15) is 4.79 Å². The van der Waals surface area contributed by atoms with Crippen LogP contribution >= 0.6 is 39.1 Å². The van der Waals surface area contributed by atoms with Gasteiger partial charge in [-0.25, -0.2) is 5.43 Å². The summed E-state index contributed by atoms with van der Waals surface area (Å²) in [5.74, 6) is 0.497. The van der Waals surface area contributed by atoms with Gasteiger partial charge in [-0.2, -0.15) is 5.10 Å². The maximum Gasteiger partial charge on any atom is 0.244 e. The number of hydrazone groups is 1. The van der Waals surface area contributed by atoms with Crippen LogP contribution in [0.4, 0.5) is 0 Å². The Labute approximate surface area is 187 Å². The van der Waals surface area contributed by atoms with Crippen LogP contribution in [0.3, 0.4) is 0 Å². The van der Waals surface area contributed by atoms with Gasteiger partial charge in [-0.15, -0.1) is 0 Å². The van der Waals surface area contributed by atoms with Crippen LogP contribution in [0.5, 0.6) is 5.75 Å². The van der Waals surface area contributed by atoms with Gasteiger partial charge in [0.15, 0.2) is 0 Å². The van der Waals surface area contributed by atoms with Gasteiger partial charge < -0.3 is 4.74 Å². The number of amides is 1. The molecule has 0 saturated heterocycles. The molecule has 0 saturated carbocycles. The average molecular weight is 492 g/mol. The minimum absolute atomic E-state index is 0.185. The topological polar surface area (TPSA) is 50.7 Å². The van der Waals surface area contributed by atoms with E-state index < -0.39 is 0 Å². The molecule has 3 aromatic rings. The Balaban J connectivity index is 1.52. The van der Waals surface area contributed by atoms with Gasteiger partial charge in [0, 0.05) is 4.47 Å². The van der Waals surface area contributed by atoms with Gasteiger partial charge in [-0.05, 0) is 53.1 Å².